The molecule has 0 aliphatic carbocycles. The van der Waals surface area contributed by atoms with Crippen LogP contribution in [0.3, 0.4) is 0 Å². The summed E-state index contributed by atoms with van der Waals surface area (Å²) in [6.45, 7) is 7.96. The first-order valence-corrected chi connectivity index (χ1v) is 14.6. The van der Waals surface area contributed by atoms with Crippen molar-refractivity contribution in [1.29, 1.82) is 0 Å². The van der Waals surface area contributed by atoms with Crippen molar-refractivity contribution >= 4 is 77.8 Å². The minimum Gasteiger partial charge on any atom is -0.462 e. The molecule has 6 nitrogen and oxygen atoms in total. The van der Waals surface area contributed by atoms with E-state index in [0.717, 1.165) is 20.2 Å². The Morgan fingerprint density at radius 1 is 0.821 bits per heavy atom. The summed E-state index contributed by atoms with van der Waals surface area (Å²) < 4.78 is 11.8. The number of carbonyl (C=O) groups excluding carboxylic acids is 2. The van der Waals surface area contributed by atoms with Crippen molar-refractivity contribution in [2.75, 3.05) is 24.7 Å². The van der Waals surface area contributed by atoms with E-state index in [1.807, 2.05) is 13.8 Å². The highest BCUT2D eigenvalue weighted by molar-refractivity contribution is 8.78. The molecule has 2 aromatic rings. The van der Waals surface area contributed by atoms with Crippen molar-refractivity contribution in [3.63, 3.8) is 0 Å². The predicted octanol–water partition coefficient (Wildman–Crippen LogP) is 5.75. The molecular formula is C16H20N2O4S6. The van der Waals surface area contributed by atoms with Crippen LogP contribution >= 0.6 is 65.8 Å². The van der Waals surface area contributed by atoms with Gasteiger partial charge in [-0.3, -0.25) is 0 Å². The number of thiazole rings is 2. The summed E-state index contributed by atoms with van der Waals surface area (Å²) in [7, 11) is 6.54. The summed E-state index contributed by atoms with van der Waals surface area (Å²) in [6.07, 6.45) is 0. The van der Waals surface area contributed by atoms with Crippen LogP contribution in [-0.2, 0) is 9.47 Å². The van der Waals surface area contributed by atoms with Crippen molar-refractivity contribution in [2.45, 2.75) is 36.4 Å². The number of hydrogen-bond donors (Lipinski definition) is 0. The lowest BCUT2D eigenvalue weighted by atomic mass is 10.4. The average molecular weight is 497 g/mol. The van der Waals surface area contributed by atoms with Gasteiger partial charge in [0.15, 0.2) is 8.68 Å². The Bertz CT molecular complexity index is 741. The topological polar surface area (TPSA) is 78.4 Å². The Hall–Kier alpha value is -0.400. The number of rotatable bonds is 11. The van der Waals surface area contributed by atoms with E-state index >= 15 is 0 Å². The van der Waals surface area contributed by atoms with Gasteiger partial charge < -0.3 is 9.47 Å². The Morgan fingerprint density at radius 3 is 1.57 bits per heavy atom. The third-order valence-electron chi connectivity index (χ3n) is 2.99. The van der Waals surface area contributed by atoms with E-state index < -0.39 is 0 Å². The summed E-state index contributed by atoms with van der Waals surface area (Å²) in [5.74, 6) is 1.24. The van der Waals surface area contributed by atoms with Crippen LogP contribution in [0.5, 0.6) is 0 Å². The minimum absolute atomic E-state index is 0.303. The van der Waals surface area contributed by atoms with Crippen LogP contribution < -0.4 is 0 Å². The molecule has 0 N–H and O–H groups in total. The molecule has 0 atom stereocenters. The maximum absolute atomic E-state index is 11.8. The van der Waals surface area contributed by atoms with E-state index in [4.69, 9.17) is 9.47 Å². The van der Waals surface area contributed by atoms with Crippen molar-refractivity contribution in [1.82, 2.24) is 9.97 Å². The van der Waals surface area contributed by atoms with Crippen molar-refractivity contribution in [3.05, 3.63) is 21.1 Å². The molecule has 0 amide bonds. The SMILES string of the molecule is CCOC(=O)c1sc(SSCCSSc2nc(C)c(C(=O)OCC)s2)nc1C. The number of aryl methyl sites for hydroxylation is 2. The molecule has 0 saturated carbocycles. The lowest BCUT2D eigenvalue weighted by Gasteiger charge is -1.98. The average Bonchev–Trinajstić information content (AvgIpc) is 3.21. The van der Waals surface area contributed by atoms with E-state index in [9.17, 15) is 9.59 Å². The summed E-state index contributed by atoms with van der Waals surface area (Å²) in [5.41, 5.74) is 1.43. The lowest BCUT2D eigenvalue weighted by molar-refractivity contribution is 0.0521. The highest BCUT2D eigenvalue weighted by atomic mass is 33.1. The maximum atomic E-state index is 11.8. The van der Waals surface area contributed by atoms with Gasteiger partial charge in [0.2, 0.25) is 0 Å². The number of esters is 2. The second kappa shape index (κ2) is 12.3. The minimum atomic E-state index is -0.303. The number of nitrogens with zero attached hydrogens (tertiary/aromatic N) is 2. The molecule has 0 aliphatic heterocycles. The number of carbonyl (C=O) groups is 2. The Morgan fingerprint density at radius 2 is 1.21 bits per heavy atom. The largest absolute Gasteiger partial charge is 0.462 e. The summed E-state index contributed by atoms with van der Waals surface area (Å²) in [6, 6.07) is 0. The van der Waals surface area contributed by atoms with E-state index in [-0.39, 0.29) is 11.9 Å². The molecule has 0 unspecified atom stereocenters. The molecule has 0 bridgehead atoms. The lowest BCUT2D eigenvalue weighted by Crippen LogP contribution is -2.03. The molecular weight excluding hydrogens is 477 g/mol. The molecule has 2 aromatic heterocycles. The van der Waals surface area contributed by atoms with Crippen LogP contribution in [0.1, 0.15) is 44.6 Å². The first-order chi connectivity index (χ1) is 13.5. The molecule has 0 spiro atoms. The zero-order chi connectivity index (χ0) is 20.5. The van der Waals surface area contributed by atoms with Gasteiger partial charge in [-0.15, -0.1) is 0 Å². The Balaban J connectivity index is 1.70. The summed E-state index contributed by atoms with van der Waals surface area (Å²) in [5, 5.41) is 0. The monoisotopic (exact) mass is 496 g/mol. The fraction of sp³-hybridized carbons (Fsp3) is 0.500. The smallest absolute Gasteiger partial charge is 0.350 e. The van der Waals surface area contributed by atoms with Gasteiger partial charge in [-0.1, -0.05) is 44.3 Å². The van der Waals surface area contributed by atoms with E-state index in [2.05, 4.69) is 9.97 Å². The Kier molecular flexibility index (Phi) is 10.5. The van der Waals surface area contributed by atoms with Crippen LogP contribution in [0, 0.1) is 13.8 Å². The van der Waals surface area contributed by atoms with E-state index in [1.54, 1.807) is 57.0 Å². The van der Waals surface area contributed by atoms with Crippen molar-refractivity contribution < 1.29 is 19.1 Å². The molecule has 0 aromatic carbocycles. The molecule has 2 heterocycles. The van der Waals surface area contributed by atoms with Crippen molar-refractivity contribution in [2.24, 2.45) is 0 Å². The first kappa shape index (κ1) is 23.9. The quantitative estimate of drug-likeness (QED) is 0.218. The highest BCUT2D eigenvalue weighted by Gasteiger charge is 2.18. The third kappa shape index (κ3) is 7.13. The standard InChI is InChI=1S/C16H20N2O4S6/c1-5-21-13(19)11-9(3)17-15(25-11)27-23-7-8-24-28-16-18-10(4)12(26-16)14(20)22-6-2/h5-8H2,1-4H3. The van der Waals surface area contributed by atoms with E-state index in [0.29, 0.717) is 34.4 Å². The van der Waals surface area contributed by atoms with Gasteiger partial charge in [-0.05, 0) is 49.3 Å². The fourth-order valence-electron chi connectivity index (χ4n) is 1.84. The third-order valence-corrected chi connectivity index (χ3v) is 10.8. The van der Waals surface area contributed by atoms with Crippen LogP contribution in [0.4, 0.5) is 0 Å². The Labute approximate surface area is 188 Å². The summed E-state index contributed by atoms with van der Waals surface area (Å²) >= 11 is 2.74. The van der Waals surface area contributed by atoms with Gasteiger partial charge in [0, 0.05) is 11.5 Å². The number of hydrogen-bond acceptors (Lipinski definition) is 12. The molecule has 12 heteroatoms. The van der Waals surface area contributed by atoms with E-state index in [1.165, 1.54) is 22.7 Å². The second-order valence-corrected chi connectivity index (χ2v) is 12.4. The molecule has 0 radical (unpaired) electrons. The predicted molar refractivity (Wildman–Crippen MR) is 122 cm³/mol. The second-order valence-electron chi connectivity index (χ2n) is 5.04. The first-order valence-electron chi connectivity index (χ1n) is 8.34. The van der Waals surface area contributed by atoms with Crippen molar-refractivity contribution in [3.8, 4) is 0 Å². The van der Waals surface area contributed by atoms with Gasteiger partial charge in [-0.25, -0.2) is 19.6 Å². The summed E-state index contributed by atoms with van der Waals surface area (Å²) in [4.78, 5) is 33.6. The van der Waals surface area contributed by atoms with Gasteiger partial charge in [-0.2, -0.15) is 0 Å². The van der Waals surface area contributed by atoms with Gasteiger partial charge in [0.25, 0.3) is 0 Å². The number of ether oxygens (including phenoxy) is 2. The van der Waals surface area contributed by atoms with Crippen LogP contribution in [0.2, 0.25) is 0 Å². The zero-order valence-corrected chi connectivity index (χ0v) is 20.7. The maximum Gasteiger partial charge on any atom is 0.350 e. The molecule has 0 saturated heterocycles. The molecule has 154 valence electrons. The zero-order valence-electron chi connectivity index (χ0n) is 15.8. The van der Waals surface area contributed by atoms with Crippen LogP contribution in [0.25, 0.3) is 0 Å². The van der Waals surface area contributed by atoms with Gasteiger partial charge in [0.1, 0.15) is 9.75 Å². The van der Waals surface area contributed by atoms with Crippen LogP contribution in [-0.4, -0.2) is 46.6 Å². The molecule has 0 fully saturated rings. The molecule has 2 rings (SSSR count). The van der Waals surface area contributed by atoms with Crippen LogP contribution in [0.15, 0.2) is 8.68 Å². The molecule has 28 heavy (non-hydrogen) atoms. The highest BCUT2D eigenvalue weighted by Crippen LogP contribution is 2.39. The van der Waals surface area contributed by atoms with Gasteiger partial charge >= 0.3 is 11.9 Å². The van der Waals surface area contributed by atoms with Gasteiger partial charge in [0.05, 0.1) is 24.6 Å². The normalized spacial score (nSPS) is 10.9. The fourth-order valence-corrected chi connectivity index (χ4v) is 9.29. The number of aromatic nitrogens is 2. The molecule has 0 aliphatic rings.